The SMILES string of the molecule is CCN(C)C(=O)C(C)Nc1nccn(CC(C)C)c1=O. The van der Waals surface area contributed by atoms with E-state index in [0.29, 0.717) is 19.0 Å². The van der Waals surface area contributed by atoms with E-state index in [4.69, 9.17) is 0 Å². The number of anilines is 1. The standard InChI is InChI=1S/C14H24N4O2/c1-6-17(5)13(19)11(4)16-12-14(20)18(8-7-15-12)9-10(2)3/h7-8,10-11H,6,9H2,1-5H3,(H,15,16). The van der Waals surface area contributed by atoms with Crippen LogP contribution in [-0.4, -0.2) is 40.0 Å². The molecule has 1 aromatic heterocycles. The zero-order valence-corrected chi connectivity index (χ0v) is 12.9. The van der Waals surface area contributed by atoms with Gasteiger partial charge in [-0.05, 0) is 19.8 Å². The molecule has 1 amide bonds. The largest absolute Gasteiger partial charge is 0.354 e. The maximum absolute atomic E-state index is 12.2. The van der Waals surface area contributed by atoms with Gasteiger partial charge in [-0.2, -0.15) is 0 Å². The molecule has 112 valence electrons. The normalized spacial score (nSPS) is 12.3. The van der Waals surface area contributed by atoms with Crippen molar-refractivity contribution < 1.29 is 4.79 Å². The fourth-order valence-corrected chi connectivity index (χ4v) is 1.84. The van der Waals surface area contributed by atoms with Crippen LogP contribution in [0.15, 0.2) is 17.2 Å². The third-order valence-corrected chi connectivity index (χ3v) is 3.05. The average Bonchev–Trinajstić information content (AvgIpc) is 2.40. The van der Waals surface area contributed by atoms with E-state index in [9.17, 15) is 9.59 Å². The smallest absolute Gasteiger partial charge is 0.293 e. The lowest BCUT2D eigenvalue weighted by atomic mass is 10.2. The zero-order valence-electron chi connectivity index (χ0n) is 12.9. The van der Waals surface area contributed by atoms with Gasteiger partial charge in [0.25, 0.3) is 5.56 Å². The molecule has 1 heterocycles. The second-order valence-electron chi connectivity index (χ2n) is 5.35. The fourth-order valence-electron chi connectivity index (χ4n) is 1.84. The molecule has 1 aromatic rings. The first-order chi connectivity index (χ1) is 9.36. The van der Waals surface area contributed by atoms with Crippen molar-refractivity contribution in [3.63, 3.8) is 0 Å². The summed E-state index contributed by atoms with van der Waals surface area (Å²) in [5.41, 5.74) is -0.194. The summed E-state index contributed by atoms with van der Waals surface area (Å²) in [6, 6.07) is -0.477. The highest BCUT2D eigenvalue weighted by Crippen LogP contribution is 2.02. The molecule has 0 bridgehead atoms. The molecule has 1 rings (SSSR count). The van der Waals surface area contributed by atoms with E-state index < -0.39 is 6.04 Å². The summed E-state index contributed by atoms with van der Waals surface area (Å²) in [5, 5.41) is 2.90. The van der Waals surface area contributed by atoms with Crippen molar-refractivity contribution in [1.82, 2.24) is 14.5 Å². The van der Waals surface area contributed by atoms with Gasteiger partial charge in [-0.3, -0.25) is 9.59 Å². The minimum atomic E-state index is -0.477. The van der Waals surface area contributed by atoms with Crippen molar-refractivity contribution in [2.24, 2.45) is 5.92 Å². The zero-order chi connectivity index (χ0) is 15.3. The Morgan fingerprint density at radius 3 is 2.65 bits per heavy atom. The predicted molar refractivity (Wildman–Crippen MR) is 79.7 cm³/mol. The second-order valence-corrected chi connectivity index (χ2v) is 5.35. The number of hydrogen-bond acceptors (Lipinski definition) is 4. The fraction of sp³-hybridized carbons (Fsp3) is 0.643. The van der Waals surface area contributed by atoms with Gasteiger partial charge < -0.3 is 14.8 Å². The molecule has 1 unspecified atom stereocenters. The van der Waals surface area contributed by atoms with E-state index in [0.717, 1.165) is 0 Å². The van der Waals surface area contributed by atoms with Gasteiger partial charge in [0.1, 0.15) is 6.04 Å². The molecular formula is C14H24N4O2. The summed E-state index contributed by atoms with van der Waals surface area (Å²) < 4.78 is 1.61. The molecule has 0 fully saturated rings. The Morgan fingerprint density at radius 2 is 2.10 bits per heavy atom. The molecule has 0 aliphatic rings. The molecule has 0 aliphatic heterocycles. The van der Waals surface area contributed by atoms with Crippen molar-refractivity contribution in [2.75, 3.05) is 18.9 Å². The summed E-state index contributed by atoms with van der Waals surface area (Å²) in [7, 11) is 1.73. The van der Waals surface area contributed by atoms with Gasteiger partial charge in [0, 0.05) is 32.5 Å². The highest BCUT2D eigenvalue weighted by atomic mass is 16.2. The summed E-state index contributed by atoms with van der Waals surface area (Å²) in [6.07, 6.45) is 3.24. The molecule has 0 spiro atoms. The maximum Gasteiger partial charge on any atom is 0.293 e. The molecule has 0 aliphatic carbocycles. The third kappa shape index (κ3) is 4.08. The number of amides is 1. The van der Waals surface area contributed by atoms with Crippen LogP contribution in [0.5, 0.6) is 0 Å². The Morgan fingerprint density at radius 1 is 1.45 bits per heavy atom. The number of likely N-dealkylation sites (N-methyl/N-ethyl adjacent to an activating group) is 1. The topological polar surface area (TPSA) is 67.2 Å². The van der Waals surface area contributed by atoms with E-state index in [1.165, 1.54) is 0 Å². The molecule has 0 saturated heterocycles. The van der Waals surface area contributed by atoms with E-state index >= 15 is 0 Å². The number of carbonyl (C=O) groups is 1. The van der Waals surface area contributed by atoms with Gasteiger partial charge in [0.15, 0.2) is 5.82 Å². The number of nitrogens with one attached hydrogen (secondary N) is 1. The summed E-state index contributed by atoms with van der Waals surface area (Å²) in [4.78, 5) is 29.8. The van der Waals surface area contributed by atoms with Gasteiger partial charge in [-0.1, -0.05) is 13.8 Å². The minimum Gasteiger partial charge on any atom is -0.354 e. The number of nitrogens with zero attached hydrogens (tertiary/aromatic N) is 3. The average molecular weight is 280 g/mol. The van der Waals surface area contributed by atoms with Crippen LogP contribution in [0.3, 0.4) is 0 Å². The van der Waals surface area contributed by atoms with Crippen LogP contribution in [0.2, 0.25) is 0 Å². The highest BCUT2D eigenvalue weighted by molar-refractivity contribution is 5.83. The van der Waals surface area contributed by atoms with Crippen LogP contribution in [0, 0.1) is 5.92 Å². The van der Waals surface area contributed by atoms with Crippen molar-refractivity contribution in [3.8, 4) is 0 Å². The first-order valence-electron chi connectivity index (χ1n) is 6.93. The first kappa shape index (κ1) is 16.2. The van der Waals surface area contributed by atoms with Crippen molar-refractivity contribution in [2.45, 2.75) is 40.3 Å². The molecule has 6 nitrogen and oxygen atoms in total. The highest BCUT2D eigenvalue weighted by Gasteiger charge is 2.18. The maximum atomic E-state index is 12.2. The molecule has 0 aromatic carbocycles. The van der Waals surface area contributed by atoms with E-state index in [2.05, 4.69) is 10.3 Å². The van der Waals surface area contributed by atoms with Crippen LogP contribution < -0.4 is 10.9 Å². The van der Waals surface area contributed by atoms with Crippen molar-refractivity contribution in [3.05, 3.63) is 22.7 Å². The van der Waals surface area contributed by atoms with Crippen LogP contribution in [0.25, 0.3) is 0 Å². The van der Waals surface area contributed by atoms with Gasteiger partial charge in [0.2, 0.25) is 5.91 Å². The lowest BCUT2D eigenvalue weighted by Crippen LogP contribution is -2.40. The lowest BCUT2D eigenvalue weighted by molar-refractivity contribution is -0.130. The van der Waals surface area contributed by atoms with Crippen LogP contribution in [0.4, 0.5) is 5.82 Å². The van der Waals surface area contributed by atoms with E-state index in [1.807, 2.05) is 20.8 Å². The molecule has 1 atom stereocenters. The molecule has 6 heteroatoms. The minimum absolute atomic E-state index is 0.0621. The Bertz CT molecular complexity index is 510. The molecule has 0 radical (unpaired) electrons. The van der Waals surface area contributed by atoms with Crippen LogP contribution >= 0.6 is 0 Å². The van der Waals surface area contributed by atoms with E-state index in [-0.39, 0.29) is 17.3 Å². The van der Waals surface area contributed by atoms with Crippen LogP contribution in [0.1, 0.15) is 27.7 Å². The Balaban J connectivity index is 2.88. The van der Waals surface area contributed by atoms with Crippen molar-refractivity contribution in [1.29, 1.82) is 0 Å². The lowest BCUT2D eigenvalue weighted by Gasteiger charge is -2.21. The number of aromatic nitrogens is 2. The molecule has 20 heavy (non-hydrogen) atoms. The quantitative estimate of drug-likeness (QED) is 0.849. The number of hydrogen-bond donors (Lipinski definition) is 1. The number of carbonyl (C=O) groups excluding carboxylic acids is 1. The molecule has 0 saturated carbocycles. The van der Waals surface area contributed by atoms with Gasteiger partial charge in [-0.15, -0.1) is 0 Å². The Labute approximate surface area is 119 Å². The van der Waals surface area contributed by atoms with Gasteiger partial charge in [-0.25, -0.2) is 4.98 Å². The van der Waals surface area contributed by atoms with Crippen molar-refractivity contribution >= 4 is 11.7 Å². The Hall–Kier alpha value is -1.85. The van der Waals surface area contributed by atoms with Gasteiger partial charge in [0.05, 0.1) is 0 Å². The van der Waals surface area contributed by atoms with Gasteiger partial charge >= 0.3 is 0 Å². The predicted octanol–water partition coefficient (Wildman–Crippen LogP) is 1.18. The first-order valence-corrected chi connectivity index (χ1v) is 6.93. The number of rotatable bonds is 6. The summed E-state index contributed by atoms with van der Waals surface area (Å²) >= 11 is 0. The molecule has 1 N–H and O–H groups in total. The second kappa shape index (κ2) is 7.07. The summed E-state index contributed by atoms with van der Waals surface area (Å²) in [5.74, 6) is 0.527. The summed E-state index contributed by atoms with van der Waals surface area (Å²) in [6.45, 7) is 8.99. The monoisotopic (exact) mass is 280 g/mol. The van der Waals surface area contributed by atoms with Crippen LogP contribution in [-0.2, 0) is 11.3 Å². The van der Waals surface area contributed by atoms with E-state index in [1.54, 1.807) is 35.8 Å². The molecular weight excluding hydrogens is 256 g/mol. The Kier molecular flexibility index (Phi) is 5.73. The third-order valence-electron chi connectivity index (χ3n) is 3.05.